The van der Waals surface area contributed by atoms with Crippen LogP contribution in [-0.4, -0.2) is 51.7 Å². The van der Waals surface area contributed by atoms with Crippen LogP contribution < -0.4 is 5.09 Å². The van der Waals surface area contributed by atoms with Crippen LogP contribution in [0.5, 0.6) is 0 Å². The van der Waals surface area contributed by atoms with E-state index in [1.54, 1.807) is 7.05 Å². The lowest BCUT2D eigenvalue weighted by Crippen LogP contribution is -2.40. The molecule has 0 spiro atoms. The first-order valence-electron chi connectivity index (χ1n) is 4.29. The van der Waals surface area contributed by atoms with E-state index >= 15 is 0 Å². The lowest BCUT2D eigenvalue weighted by atomic mass is 9.97. The van der Waals surface area contributed by atoms with Gasteiger partial charge < -0.3 is 10.4 Å². The molecule has 0 saturated heterocycles. The van der Waals surface area contributed by atoms with E-state index in [0.717, 1.165) is 16.0 Å². The molecule has 0 amide bonds. The van der Waals surface area contributed by atoms with Gasteiger partial charge in [0.2, 0.25) is 0 Å². The summed E-state index contributed by atoms with van der Waals surface area (Å²) in [5, 5.41) is 4.69. The van der Waals surface area contributed by atoms with E-state index in [4.69, 9.17) is 0 Å². The second-order valence-corrected chi connectivity index (χ2v) is 7.38. The highest BCUT2D eigenvalue weighted by atomic mass is 79.9. The molecule has 0 saturated carbocycles. The maximum Gasteiger partial charge on any atom is 0.340 e. The Morgan fingerprint density at radius 1 is 1.31 bits per heavy atom. The van der Waals surface area contributed by atoms with Crippen LogP contribution in [0.3, 0.4) is 0 Å². The number of nitrogens with zero attached hydrogens (tertiary/aromatic N) is 1. The topological polar surface area (TPSA) is 84.1 Å². The highest BCUT2D eigenvalue weighted by Crippen LogP contribution is 2.41. The highest BCUT2D eigenvalue weighted by molar-refractivity contribution is 9.10. The van der Waals surface area contributed by atoms with Crippen LogP contribution in [0.4, 0.5) is 0 Å². The Balaban J connectivity index is 0. The van der Waals surface area contributed by atoms with Crippen molar-refractivity contribution in [2.24, 2.45) is 5.41 Å². The molecule has 0 aromatic rings. The SMILES string of the molecule is CNP(=O)(O)N(C)CC(CBr)(CBr)CBr.O. The van der Waals surface area contributed by atoms with E-state index in [9.17, 15) is 9.46 Å². The van der Waals surface area contributed by atoms with Gasteiger partial charge in [0.05, 0.1) is 0 Å². The minimum absolute atomic E-state index is 0. The molecule has 1 atom stereocenters. The van der Waals surface area contributed by atoms with Crippen molar-refractivity contribution in [1.82, 2.24) is 9.76 Å². The predicted molar refractivity (Wildman–Crippen MR) is 78.9 cm³/mol. The molecular weight excluding hydrogens is 431 g/mol. The molecule has 0 heterocycles. The summed E-state index contributed by atoms with van der Waals surface area (Å²) in [7, 11) is -0.259. The van der Waals surface area contributed by atoms with Crippen molar-refractivity contribution >= 4 is 55.5 Å². The quantitative estimate of drug-likeness (QED) is 0.457. The molecular formula is C7H18Br3N2O3P. The fourth-order valence-corrected chi connectivity index (χ4v) is 5.14. The Morgan fingerprint density at radius 3 is 1.94 bits per heavy atom. The van der Waals surface area contributed by atoms with E-state index in [1.165, 1.54) is 11.7 Å². The third kappa shape index (κ3) is 5.44. The van der Waals surface area contributed by atoms with Crippen molar-refractivity contribution in [3.05, 3.63) is 0 Å². The lowest BCUT2D eigenvalue weighted by molar-refractivity contribution is 0.297. The summed E-state index contributed by atoms with van der Waals surface area (Å²) in [5.74, 6) is 0. The summed E-state index contributed by atoms with van der Waals surface area (Å²) in [4.78, 5) is 9.57. The standard InChI is InChI=1S/C7H16Br3N2O2P.H2O/c1-11-15(13,14)12(2)6-7(3-8,4-9)5-10;/h3-6H2,1-2H3,(H2,11,13,14);1H2. The van der Waals surface area contributed by atoms with E-state index in [2.05, 4.69) is 52.9 Å². The number of rotatable bonds is 7. The van der Waals surface area contributed by atoms with Crippen LogP contribution in [-0.2, 0) is 4.57 Å². The summed E-state index contributed by atoms with van der Waals surface area (Å²) >= 11 is 10.3. The van der Waals surface area contributed by atoms with Gasteiger partial charge in [-0.3, -0.25) is 4.57 Å². The first-order chi connectivity index (χ1) is 6.87. The summed E-state index contributed by atoms with van der Waals surface area (Å²) in [5.41, 5.74) is -0.0933. The van der Waals surface area contributed by atoms with Crippen molar-refractivity contribution in [2.45, 2.75) is 0 Å². The molecule has 4 N–H and O–H groups in total. The monoisotopic (exact) mass is 446 g/mol. The summed E-state index contributed by atoms with van der Waals surface area (Å²) in [6.45, 7) is 0.517. The molecule has 0 bridgehead atoms. The number of alkyl halides is 3. The number of hydrogen-bond donors (Lipinski definition) is 2. The van der Waals surface area contributed by atoms with Gasteiger partial charge in [-0.25, -0.2) is 9.76 Å². The Kier molecular flexibility index (Phi) is 10.6. The van der Waals surface area contributed by atoms with Crippen molar-refractivity contribution in [1.29, 1.82) is 0 Å². The number of nitrogens with one attached hydrogen (secondary N) is 1. The molecule has 0 fully saturated rings. The Labute approximate surface area is 122 Å². The molecule has 0 aliphatic heterocycles. The van der Waals surface area contributed by atoms with Crippen molar-refractivity contribution in [2.75, 3.05) is 36.6 Å². The molecule has 9 heteroatoms. The molecule has 5 nitrogen and oxygen atoms in total. The highest BCUT2D eigenvalue weighted by Gasteiger charge is 2.33. The molecule has 100 valence electrons. The minimum Gasteiger partial charge on any atom is -0.412 e. The van der Waals surface area contributed by atoms with E-state index in [1.807, 2.05) is 0 Å². The maximum atomic E-state index is 11.6. The molecule has 0 aliphatic carbocycles. The fourth-order valence-electron chi connectivity index (χ4n) is 0.986. The van der Waals surface area contributed by atoms with Gasteiger partial charge >= 0.3 is 7.67 Å². The fraction of sp³-hybridized carbons (Fsp3) is 1.00. The van der Waals surface area contributed by atoms with Gasteiger partial charge in [0.15, 0.2) is 0 Å². The van der Waals surface area contributed by atoms with Gasteiger partial charge in [-0.1, -0.05) is 47.8 Å². The molecule has 0 aliphatic rings. The van der Waals surface area contributed by atoms with E-state index in [0.29, 0.717) is 6.54 Å². The lowest BCUT2D eigenvalue weighted by Gasteiger charge is -2.34. The summed E-state index contributed by atoms with van der Waals surface area (Å²) < 4.78 is 13.1. The van der Waals surface area contributed by atoms with Gasteiger partial charge in [-0.05, 0) is 14.1 Å². The average molecular weight is 449 g/mol. The van der Waals surface area contributed by atoms with Gasteiger partial charge in [-0.15, -0.1) is 0 Å². The first-order valence-corrected chi connectivity index (χ1v) is 9.26. The smallest absolute Gasteiger partial charge is 0.340 e. The van der Waals surface area contributed by atoms with Crippen LogP contribution in [0.15, 0.2) is 0 Å². The van der Waals surface area contributed by atoms with Crippen LogP contribution in [0, 0.1) is 5.41 Å². The third-order valence-corrected chi connectivity index (χ3v) is 7.39. The van der Waals surface area contributed by atoms with Gasteiger partial charge in [0.1, 0.15) is 0 Å². The van der Waals surface area contributed by atoms with Gasteiger partial charge in [0, 0.05) is 28.0 Å². The van der Waals surface area contributed by atoms with Crippen LogP contribution in [0.2, 0.25) is 0 Å². The zero-order chi connectivity index (χ0) is 12.1. The first kappa shape index (κ1) is 19.8. The average Bonchev–Trinajstić information content (AvgIpc) is 2.25. The molecule has 1 unspecified atom stereocenters. The summed E-state index contributed by atoms with van der Waals surface area (Å²) in [6, 6.07) is 0. The van der Waals surface area contributed by atoms with E-state index in [-0.39, 0.29) is 10.9 Å². The van der Waals surface area contributed by atoms with Gasteiger partial charge in [-0.2, -0.15) is 0 Å². The largest absolute Gasteiger partial charge is 0.412 e. The predicted octanol–water partition coefficient (Wildman–Crippen LogP) is 1.58. The minimum atomic E-state index is -3.38. The molecule has 0 aromatic carbocycles. The molecule has 0 aromatic heterocycles. The molecule has 16 heavy (non-hydrogen) atoms. The van der Waals surface area contributed by atoms with Crippen LogP contribution in [0.25, 0.3) is 0 Å². The van der Waals surface area contributed by atoms with Crippen molar-refractivity contribution in [3.63, 3.8) is 0 Å². The molecule has 0 radical (unpaired) electrons. The second kappa shape index (κ2) is 8.58. The normalized spacial score (nSPS) is 15.7. The van der Waals surface area contributed by atoms with Crippen LogP contribution >= 0.6 is 55.5 Å². The Hall–Kier alpha value is 1.51. The van der Waals surface area contributed by atoms with Crippen molar-refractivity contribution in [3.8, 4) is 0 Å². The second-order valence-electron chi connectivity index (χ2n) is 3.48. The molecule has 0 rings (SSSR count). The maximum absolute atomic E-state index is 11.6. The third-order valence-electron chi connectivity index (χ3n) is 2.17. The zero-order valence-electron chi connectivity index (χ0n) is 9.21. The van der Waals surface area contributed by atoms with Gasteiger partial charge in [0.25, 0.3) is 0 Å². The van der Waals surface area contributed by atoms with Crippen LogP contribution in [0.1, 0.15) is 0 Å². The zero-order valence-corrected chi connectivity index (χ0v) is 14.9. The Bertz CT molecular complexity index is 233. The van der Waals surface area contributed by atoms with Crippen molar-refractivity contribution < 1.29 is 14.9 Å². The number of hydrogen-bond acceptors (Lipinski definition) is 1. The number of halogens is 3. The summed E-state index contributed by atoms with van der Waals surface area (Å²) in [6.07, 6.45) is 0. The van der Waals surface area contributed by atoms with E-state index < -0.39 is 7.67 Å². The Morgan fingerprint density at radius 2 is 1.69 bits per heavy atom.